The summed E-state index contributed by atoms with van der Waals surface area (Å²) in [5.41, 5.74) is -0.428. The number of nitrogens with zero attached hydrogens (tertiary/aromatic N) is 2. The van der Waals surface area contributed by atoms with Crippen molar-refractivity contribution in [3.63, 3.8) is 0 Å². The van der Waals surface area contributed by atoms with Gasteiger partial charge in [-0.15, -0.1) is 5.10 Å². The highest BCUT2D eigenvalue weighted by molar-refractivity contribution is 7.90. The van der Waals surface area contributed by atoms with Crippen LogP contribution in [0, 0.1) is 5.82 Å². The molecule has 0 aliphatic carbocycles. The molecule has 0 spiro atoms. The predicted molar refractivity (Wildman–Crippen MR) is 89.4 cm³/mol. The number of benzene rings is 1. The quantitative estimate of drug-likeness (QED) is 0.842. The molecule has 10 heteroatoms. The van der Waals surface area contributed by atoms with Crippen LogP contribution in [0.4, 0.5) is 9.18 Å². The van der Waals surface area contributed by atoms with E-state index < -0.39 is 44.4 Å². The van der Waals surface area contributed by atoms with Crippen molar-refractivity contribution in [3.05, 3.63) is 41.5 Å². The van der Waals surface area contributed by atoms with Crippen LogP contribution in [0.3, 0.4) is 0 Å². The van der Waals surface area contributed by atoms with Gasteiger partial charge in [0.25, 0.3) is 0 Å². The van der Waals surface area contributed by atoms with Crippen LogP contribution in [0.5, 0.6) is 0 Å². The van der Waals surface area contributed by atoms with Crippen LogP contribution in [0.1, 0.15) is 45.2 Å². The van der Waals surface area contributed by atoms with Gasteiger partial charge in [-0.3, -0.25) is 0 Å². The number of alkyl carbamates (subject to hydrolysis) is 1. The highest BCUT2D eigenvalue weighted by Gasteiger charge is 2.26. The van der Waals surface area contributed by atoms with Crippen LogP contribution in [0.25, 0.3) is 0 Å². The van der Waals surface area contributed by atoms with Crippen molar-refractivity contribution in [1.29, 1.82) is 0 Å². The van der Waals surface area contributed by atoms with Crippen molar-refractivity contribution >= 4 is 15.9 Å². The average Bonchev–Trinajstić information content (AvgIpc) is 2.95. The van der Waals surface area contributed by atoms with E-state index in [1.807, 2.05) is 0 Å². The lowest BCUT2D eigenvalue weighted by Gasteiger charge is -2.20. The van der Waals surface area contributed by atoms with E-state index in [9.17, 15) is 17.6 Å². The summed E-state index contributed by atoms with van der Waals surface area (Å²) in [6, 6.07) is 4.46. The number of rotatable bonds is 5. The van der Waals surface area contributed by atoms with Crippen LogP contribution < -0.4 is 5.32 Å². The molecule has 0 unspecified atom stereocenters. The van der Waals surface area contributed by atoms with Crippen molar-refractivity contribution in [2.75, 3.05) is 0 Å². The van der Waals surface area contributed by atoms with Crippen molar-refractivity contribution in [3.8, 4) is 0 Å². The summed E-state index contributed by atoms with van der Waals surface area (Å²) in [5.74, 6) is -1.12. The minimum absolute atomic E-state index is 0.0892. The zero-order valence-corrected chi connectivity index (χ0v) is 15.6. The third-order valence-electron chi connectivity index (χ3n) is 3.04. The largest absolute Gasteiger partial charge is 0.444 e. The second-order valence-corrected chi connectivity index (χ2v) is 8.53. The Kier molecular flexibility index (Phi) is 5.65. The molecule has 1 atom stereocenters. The Labute approximate surface area is 150 Å². The molecule has 0 radical (unpaired) electrons. The molecule has 1 amide bonds. The lowest BCUT2D eigenvalue weighted by molar-refractivity contribution is 0.0500. The molecular weight excluding hydrogens is 365 g/mol. The maximum absolute atomic E-state index is 13.2. The molecule has 26 heavy (non-hydrogen) atoms. The first kappa shape index (κ1) is 19.8. The van der Waals surface area contributed by atoms with E-state index >= 15 is 0 Å². The Hall–Kier alpha value is -2.49. The Bertz CT molecular complexity index is 889. The molecule has 0 saturated heterocycles. The van der Waals surface area contributed by atoms with Gasteiger partial charge in [0.15, 0.2) is 0 Å². The smallest absolute Gasteiger partial charge is 0.408 e. The first-order valence-corrected chi connectivity index (χ1v) is 9.41. The third kappa shape index (κ3) is 5.51. The van der Waals surface area contributed by atoms with Gasteiger partial charge >= 0.3 is 11.3 Å². The second kappa shape index (κ2) is 7.40. The number of carbonyl (C=O) groups is 1. The molecule has 8 nitrogen and oxygen atoms in total. The maximum Gasteiger partial charge on any atom is 0.408 e. The van der Waals surface area contributed by atoms with Gasteiger partial charge in [-0.25, -0.2) is 17.6 Å². The summed E-state index contributed by atoms with van der Waals surface area (Å²) in [7, 11) is -3.95. The monoisotopic (exact) mass is 385 g/mol. The number of aromatic nitrogens is 2. The molecule has 2 rings (SSSR count). The number of nitrogens with one attached hydrogen (secondary N) is 1. The van der Waals surface area contributed by atoms with E-state index in [-0.39, 0.29) is 11.5 Å². The number of carbonyl (C=O) groups excluding carboxylic acids is 1. The minimum atomic E-state index is -3.95. The van der Waals surface area contributed by atoms with Gasteiger partial charge in [0.2, 0.25) is 15.7 Å². The first-order chi connectivity index (χ1) is 12.0. The molecule has 142 valence electrons. The number of sulfone groups is 1. The summed E-state index contributed by atoms with van der Waals surface area (Å²) < 4.78 is 48.1. The van der Waals surface area contributed by atoms with E-state index in [0.29, 0.717) is 0 Å². The minimum Gasteiger partial charge on any atom is -0.444 e. The van der Waals surface area contributed by atoms with Gasteiger partial charge in [0.1, 0.15) is 17.5 Å². The van der Waals surface area contributed by atoms with E-state index in [4.69, 9.17) is 9.15 Å². The molecule has 1 aromatic heterocycles. The van der Waals surface area contributed by atoms with Crippen molar-refractivity contribution in [2.45, 2.75) is 50.3 Å². The van der Waals surface area contributed by atoms with Crippen molar-refractivity contribution in [2.24, 2.45) is 0 Å². The van der Waals surface area contributed by atoms with E-state index in [0.717, 1.165) is 6.07 Å². The third-order valence-corrected chi connectivity index (χ3v) is 4.45. The van der Waals surface area contributed by atoms with Crippen LogP contribution in [0.2, 0.25) is 0 Å². The predicted octanol–water partition coefficient (Wildman–Crippen LogP) is 2.77. The standard InChI is InChI=1S/C16H20FN3O5S/c1-10(18-14(21)25-16(2,3)4)13-19-20-15(24-13)26(22,23)9-11-6-5-7-12(17)8-11/h5-8,10H,9H2,1-4H3,(H,18,21)/t10-/m0/s1. The zero-order chi connectivity index (χ0) is 19.5. The Balaban J connectivity index is 2.09. The van der Waals surface area contributed by atoms with E-state index in [2.05, 4.69) is 15.5 Å². The summed E-state index contributed by atoms with van der Waals surface area (Å²) in [4.78, 5) is 11.7. The zero-order valence-electron chi connectivity index (χ0n) is 14.8. The SMILES string of the molecule is C[C@H](NC(=O)OC(C)(C)C)c1nnc(S(=O)(=O)Cc2cccc(F)c2)o1. The van der Waals surface area contributed by atoms with Crippen LogP contribution in [0.15, 0.2) is 33.9 Å². The molecule has 1 N–H and O–H groups in total. The molecule has 0 aliphatic rings. The highest BCUT2D eigenvalue weighted by atomic mass is 32.2. The second-order valence-electron chi connectivity index (χ2n) is 6.66. The number of ether oxygens (including phenoxy) is 1. The number of halogens is 1. The molecule has 0 bridgehead atoms. The van der Waals surface area contributed by atoms with E-state index in [1.165, 1.54) is 18.2 Å². The Morgan fingerprint density at radius 1 is 1.35 bits per heavy atom. The fourth-order valence-corrected chi connectivity index (χ4v) is 3.09. The molecular formula is C16H20FN3O5S. The first-order valence-electron chi connectivity index (χ1n) is 7.76. The van der Waals surface area contributed by atoms with Crippen molar-refractivity contribution in [1.82, 2.24) is 15.5 Å². The van der Waals surface area contributed by atoms with Crippen molar-refractivity contribution < 1.29 is 26.8 Å². The number of hydrogen-bond donors (Lipinski definition) is 1. The Morgan fingerprint density at radius 3 is 2.65 bits per heavy atom. The highest BCUT2D eigenvalue weighted by Crippen LogP contribution is 2.19. The van der Waals surface area contributed by atoms with Crippen LogP contribution in [-0.2, 0) is 20.3 Å². The van der Waals surface area contributed by atoms with Gasteiger partial charge in [0, 0.05) is 0 Å². The number of hydrogen-bond acceptors (Lipinski definition) is 7. The number of amides is 1. The maximum atomic E-state index is 13.2. The summed E-state index contributed by atoms with van der Waals surface area (Å²) in [5, 5.41) is 9.04. The molecule has 1 heterocycles. The summed E-state index contributed by atoms with van der Waals surface area (Å²) in [6.07, 6.45) is -0.702. The summed E-state index contributed by atoms with van der Waals surface area (Å²) >= 11 is 0. The van der Waals surface area contributed by atoms with Crippen LogP contribution in [-0.4, -0.2) is 30.3 Å². The lowest BCUT2D eigenvalue weighted by atomic mass is 10.2. The fourth-order valence-electron chi connectivity index (χ4n) is 1.98. The topological polar surface area (TPSA) is 111 Å². The van der Waals surface area contributed by atoms with Crippen LogP contribution >= 0.6 is 0 Å². The molecule has 0 aliphatic heterocycles. The van der Waals surface area contributed by atoms with Gasteiger partial charge < -0.3 is 14.5 Å². The molecule has 1 aromatic carbocycles. The normalized spacial score (nSPS) is 13.3. The average molecular weight is 385 g/mol. The lowest BCUT2D eigenvalue weighted by Crippen LogP contribution is -2.34. The summed E-state index contributed by atoms with van der Waals surface area (Å²) in [6.45, 7) is 6.67. The van der Waals surface area contributed by atoms with Gasteiger partial charge in [-0.05, 0) is 45.4 Å². The molecule has 2 aromatic rings. The van der Waals surface area contributed by atoms with E-state index in [1.54, 1.807) is 27.7 Å². The van der Waals surface area contributed by atoms with Gasteiger partial charge in [-0.1, -0.05) is 17.2 Å². The van der Waals surface area contributed by atoms with Gasteiger partial charge in [0.05, 0.1) is 5.75 Å². The fraction of sp³-hybridized carbons (Fsp3) is 0.438. The molecule has 0 fully saturated rings. The van der Waals surface area contributed by atoms with Gasteiger partial charge in [-0.2, -0.15) is 0 Å². The molecule has 0 saturated carbocycles. The Morgan fingerprint density at radius 2 is 2.04 bits per heavy atom.